The van der Waals surface area contributed by atoms with E-state index in [2.05, 4.69) is 10.3 Å². The number of nitrogens with two attached hydrogens (primary N) is 1. The van der Waals surface area contributed by atoms with Crippen LogP contribution < -0.4 is 11.1 Å². The largest absolute Gasteiger partial charge is 0.348 e. The minimum Gasteiger partial charge on any atom is -0.348 e. The number of nitrogens with zero attached hydrogens (tertiary/aromatic N) is 1. The van der Waals surface area contributed by atoms with E-state index in [9.17, 15) is 4.79 Å². The van der Waals surface area contributed by atoms with Gasteiger partial charge in [0.2, 0.25) is 5.91 Å². The number of amides is 1. The Morgan fingerprint density at radius 1 is 1.60 bits per heavy atom. The zero-order valence-electron chi connectivity index (χ0n) is 9.32. The van der Waals surface area contributed by atoms with Gasteiger partial charge in [0.1, 0.15) is 0 Å². The van der Waals surface area contributed by atoms with E-state index < -0.39 is 5.54 Å². The zero-order valence-corrected chi connectivity index (χ0v) is 9.32. The maximum absolute atomic E-state index is 11.6. The first-order chi connectivity index (χ1) is 6.91. The van der Waals surface area contributed by atoms with Gasteiger partial charge in [0.05, 0.1) is 11.6 Å². The fourth-order valence-electron chi connectivity index (χ4n) is 1.10. The van der Waals surface area contributed by atoms with Gasteiger partial charge in [-0.25, -0.2) is 0 Å². The van der Waals surface area contributed by atoms with E-state index in [1.807, 2.05) is 19.1 Å². The van der Waals surface area contributed by atoms with E-state index in [-0.39, 0.29) is 11.9 Å². The Labute approximate surface area is 89.9 Å². The number of carbonyl (C=O) groups excluding carboxylic acids is 1. The predicted octanol–water partition coefficient (Wildman–Crippen LogP) is 0.996. The van der Waals surface area contributed by atoms with Gasteiger partial charge in [-0.2, -0.15) is 0 Å². The average Bonchev–Trinajstić information content (AvgIpc) is 2.17. The van der Waals surface area contributed by atoms with Crippen molar-refractivity contribution >= 4 is 5.91 Å². The summed E-state index contributed by atoms with van der Waals surface area (Å²) in [6.45, 7) is 5.26. The van der Waals surface area contributed by atoms with Gasteiger partial charge < -0.3 is 11.1 Å². The molecule has 0 fully saturated rings. The lowest BCUT2D eigenvalue weighted by atomic mass is 10.0. The summed E-state index contributed by atoms with van der Waals surface area (Å²) in [4.78, 5) is 15.6. The van der Waals surface area contributed by atoms with E-state index >= 15 is 0 Å². The standard InChI is InChI=1S/C11H17N3O/c1-8(9-5-4-6-13-7-9)14-10(15)11(2,3)12/h4-8H,12H2,1-3H3,(H,14,15)/t8-/m1/s1. The molecule has 0 aliphatic carbocycles. The topological polar surface area (TPSA) is 68.0 Å². The number of hydrogen-bond acceptors (Lipinski definition) is 3. The van der Waals surface area contributed by atoms with E-state index in [0.717, 1.165) is 5.56 Å². The summed E-state index contributed by atoms with van der Waals surface area (Å²) in [5.41, 5.74) is 5.79. The number of aromatic nitrogens is 1. The molecule has 0 radical (unpaired) electrons. The van der Waals surface area contributed by atoms with Crippen LogP contribution in [0, 0.1) is 0 Å². The van der Waals surface area contributed by atoms with Crippen LogP contribution in [0.4, 0.5) is 0 Å². The molecule has 0 aliphatic rings. The van der Waals surface area contributed by atoms with Gasteiger partial charge in [0, 0.05) is 12.4 Å². The molecule has 1 rings (SSSR count). The summed E-state index contributed by atoms with van der Waals surface area (Å²) >= 11 is 0. The van der Waals surface area contributed by atoms with Crippen LogP contribution in [-0.2, 0) is 4.79 Å². The van der Waals surface area contributed by atoms with Crippen LogP contribution in [0.1, 0.15) is 32.4 Å². The minimum absolute atomic E-state index is 0.0750. The second-order valence-electron chi connectivity index (χ2n) is 4.20. The van der Waals surface area contributed by atoms with E-state index in [0.29, 0.717) is 0 Å². The van der Waals surface area contributed by atoms with Crippen LogP contribution in [0.2, 0.25) is 0 Å². The molecule has 82 valence electrons. The van der Waals surface area contributed by atoms with Crippen molar-refractivity contribution in [3.8, 4) is 0 Å². The second-order valence-corrected chi connectivity index (χ2v) is 4.20. The Morgan fingerprint density at radius 3 is 2.73 bits per heavy atom. The van der Waals surface area contributed by atoms with Gasteiger partial charge in [-0.05, 0) is 32.4 Å². The molecule has 1 atom stereocenters. The van der Waals surface area contributed by atoms with Crippen LogP contribution in [0.15, 0.2) is 24.5 Å². The molecule has 0 aromatic carbocycles. The molecule has 0 saturated carbocycles. The molecular formula is C11H17N3O. The molecule has 0 unspecified atom stereocenters. The molecule has 4 nitrogen and oxygen atoms in total. The first-order valence-electron chi connectivity index (χ1n) is 4.91. The van der Waals surface area contributed by atoms with Crippen molar-refractivity contribution in [2.24, 2.45) is 5.73 Å². The predicted molar refractivity (Wildman–Crippen MR) is 59.1 cm³/mol. The van der Waals surface area contributed by atoms with E-state index in [4.69, 9.17) is 5.73 Å². The number of carbonyl (C=O) groups is 1. The highest BCUT2D eigenvalue weighted by Gasteiger charge is 2.23. The fourth-order valence-corrected chi connectivity index (χ4v) is 1.10. The van der Waals surface area contributed by atoms with E-state index in [1.54, 1.807) is 26.2 Å². The quantitative estimate of drug-likeness (QED) is 0.776. The van der Waals surface area contributed by atoms with Crippen molar-refractivity contribution in [3.63, 3.8) is 0 Å². The highest BCUT2D eigenvalue weighted by Crippen LogP contribution is 2.11. The maximum Gasteiger partial charge on any atom is 0.239 e. The Bertz CT molecular complexity index is 329. The third-order valence-corrected chi connectivity index (χ3v) is 2.12. The van der Waals surface area contributed by atoms with Gasteiger partial charge in [-0.1, -0.05) is 6.07 Å². The number of hydrogen-bond donors (Lipinski definition) is 2. The summed E-state index contributed by atoms with van der Waals surface area (Å²) in [6, 6.07) is 3.68. The third-order valence-electron chi connectivity index (χ3n) is 2.12. The van der Waals surface area contributed by atoms with E-state index in [1.165, 1.54) is 0 Å². The van der Waals surface area contributed by atoms with Crippen molar-refractivity contribution in [2.75, 3.05) is 0 Å². The van der Waals surface area contributed by atoms with Crippen molar-refractivity contribution in [2.45, 2.75) is 32.4 Å². The summed E-state index contributed by atoms with van der Waals surface area (Å²) in [6.07, 6.45) is 3.43. The maximum atomic E-state index is 11.6. The monoisotopic (exact) mass is 207 g/mol. The van der Waals surface area contributed by atoms with Gasteiger partial charge >= 0.3 is 0 Å². The van der Waals surface area contributed by atoms with Crippen LogP contribution >= 0.6 is 0 Å². The molecule has 1 aromatic heterocycles. The molecule has 1 amide bonds. The molecule has 0 aliphatic heterocycles. The lowest BCUT2D eigenvalue weighted by Crippen LogP contribution is -2.49. The molecule has 4 heteroatoms. The molecule has 0 spiro atoms. The molecule has 0 saturated heterocycles. The molecule has 15 heavy (non-hydrogen) atoms. The number of pyridine rings is 1. The first-order valence-corrected chi connectivity index (χ1v) is 4.91. The molecule has 1 aromatic rings. The lowest BCUT2D eigenvalue weighted by molar-refractivity contribution is -0.125. The summed E-state index contributed by atoms with van der Waals surface area (Å²) in [5, 5.41) is 2.83. The lowest BCUT2D eigenvalue weighted by Gasteiger charge is -2.21. The Kier molecular flexibility index (Phi) is 3.42. The van der Waals surface area contributed by atoms with Crippen LogP contribution in [0.25, 0.3) is 0 Å². The smallest absolute Gasteiger partial charge is 0.239 e. The first kappa shape index (κ1) is 11.7. The fraction of sp³-hybridized carbons (Fsp3) is 0.455. The van der Waals surface area contributed by atoms with Crippen molar-refractivity contribution in [1.29, 1.82) is 0 Å². The SMILES string of the molecule is C[C@@H](NC(=O)C(C)(C)N)c1cccnc1. The molecule has 1 heterocycles. The van der Waals surface area contributed by atoms with Crippen molar-refractivity contribution < 1.29 is 4.79 Å². The number of nitrogens with one attached hydrogen (secondary N) is 1. The average molecular weight is 207 g/mol. The van der Waals surface area contributed by atoms with Crippen LogP contribution in [0.5, 0.6) is 0 Å². The molecule has 3 N–H and O–H groups in total. The number of rotatable bonds is 3. The van der Waals surface area contributed by atoms with Crippen molar-refractivity contribution in [1.82, 2.24) is 10.3 Å². The summed E-state index contributed by atoms with van der Waals surface area (Å²) in [7, 11) is 0. The van der Waals surface area contributed by atoms with Gasteiger partial charge in [0.15, 0.2) is 0 Å². The summed E-state index contributed by atoms with van der Waals surface area (Å²) < 4.78 is 0. The highest BCUT2D eigenvalue weighted by molar-refractivity contribution is 5.85. The zero-order chi connectivity index (χ0) is 11.5. The van der Waals surface area contributed by atoms with Crippen LogP contribution in [-0.4, -0.2) is 16.4 Å². The Balaban J connectivity index is 2.65. The normalized spacial score (nSPS) is 13.3. The molecule has 0 bridgehead atoms. The second kappa shape index (κ2) is 4.40. The molecular weight excluding hydrogens is 190 g/mol. The Morgan fingerprint density at radius 2 is 2.27 bits per heavy atom. The minimum atomic E-state index is -0.851. The third kappa shape index (κ3) is 3.32. The summed E-state index contributed by atoms with van der Waals surface area (Å²) in [5.74, 6) is -0.168. The van der Waals surface area contributed by atoms with Gasteiger partial charge in [-0.3, -0.25) is 9.78 Å². The van der Waals surface area contributed by atoms with Crippen LogP contribution in [0.3, 0.4) is 0 Å². The van der Waals surface area contributed by atoms with Crippen molar-refractivity contribution in [3.05, 3.63) is 30.1 Å². The van der Waals surface area contributed by atoms with Gasteiger partial charge in [-0.15, -0.1) is 0 Å². The van der Waals surface area contributed by atoms with Gasteiger partial charge in [0.25, 0.3) is 0 Å². The highest BCUT2D eigenvalue weighted by atomic mass is 16.2. The Hall–Kier alpha value is -1.42.